The summed E-state index contributed by atoms with van der Waals surface area (Å²) in [6, 6.07) is 0. The number of fused-ring (bicyclic) bond motifs is 1. The number of amides is 1. The Morgan fingerprint density at radius 3 is 2.65 bits per heavy atom. The maximum Gasteiger partial charge on any atom is 0.252 e. The monoisotopic (exact) mass is 233 g/mol. The van der Waals surface area contributed by atoms with Gasteiger partial charge in [-0.2, -0.15) is 0 Å². The van der Waals surface area contributed by atoms with E-state index in [4.69, 9.17) is 10.2 Å². The van der Waals surface area contributed by atoms with Crippen LogP contribution >= 0.6 is 0 Å². The fourth-order valence-corrected chi connectivity index (χ4v) is 1.76. The predicted molar refractivity (Wildman–Crippen MR) is 64.1 cm³/mol. The first-order valence-corrected chi connectivity index (χ1v) is 5.45. The third-order valence-electron chi connectivity index (χ3n) is 2.93. The Morgan fingerprint density at radius 1 is 1.29 bits per heavy atom. The summed E-state index contributed by atoms with van der Waals surface area (Å²) in [6.45, 7) is 0.982. The van der Waals surface area contributed by atoms with Crippen LogP contribution < -0.4 is 5.32 Å². The molecule has 0 heterocycles. The second kappa shape index (κ2) is 4.31. The highest BCUT2D eigenvalue weighted by Gasteiger charge is 2.29. The van der Waals surface area contributed by atoms with Crippen molar-refractivity contribution >= 4 is 5.91 Å². The minimum absolute atomic E-state index is 0.281. The van der Waals surface area contributed by atoms with E-state index in [2.05, 4.69) is 5.32 Å². The Labute approximate surface area is 99.6 Å². The van der Waals surface area contributed by atoms with Crippen LogP contribution in [0.3, 0.4) is 0 Å². The molecule has 0 unspecified atom stereocenters. The second-order valence-electron chi connectivity index (χ2n) is 4.47. The summed E-state index contributed by atoms with van der Waals surface area (Å²) in [4.78, 5) is 12.0. The third-order valence-corrected chi connectivity index (χ3v) is 2.93. The minimum atomic E-state index is -0.993. The fourth-order valence-electron chi connectivity index (χ4n) is 1.76. The minimum Gasteiger partial charge on any atom is -0.394 e. The molecule has 0 saturated heterocycles. The molecule has 0 fully saturated rings. The predicted octanol–water partition coefficient (Wildman–Crippen LogP) is 0.208. The van der Waals surface area contributed by atoms with Gasteiger partial charge in [-0.3, -0.25) is 4.79 Å². The van der Waals surface area contributed by atoms with Gasteiger partial charge in [-0.05, 0) is 24.1 Å². The number of hydrogen-bond acceptors (Lipinski definition) is 3. The average molecular weight is 233 g/mol. The largest absolute Gasteiger partial charge is 0.394 e. The number of aliphatic hydroxyl groups is 2. The van der Waals surface area contributed by atoms with Crippen molar-refractivity contribution in [1.82, 2.24) is 5.32 Å². The molecule has 17 heavy (non-hydrogen) atoms. The van der Waals surface area contributed by atoms with Gasteiger partial charge in [-0.25, -0.2) is 0 Å². The molecule has 0 aromatic rings. The van der Waals surface area contributed by atoms with Gasteiger partial charge < -0.3 is 15.5 Å². The van der Waals surface area contributed by atoms with E-state index >= 15 is 0 Å². The summed E-state index contributed by atoms with van der Waals surface area (Å²) in [7, 11) is 0. The normalized spacial score (nSPS) is 17.5. The molecule has 0 spiro atoms. The molecule has 3 N–H and O–H groups in total. The van der Waals surface area contributed by atoms with Crippen LogP contribution in [0.1, 0.15) is 6.92 Å². The molecule has 0 aromatic heterocycles. The van der Waals surface area contributed by atoms with Crippen molar-refractivity contribution in [2.75, 3.05) is 13.2 Å². The molecule has 4 nitrogen and oxygen atoms in total. The average Bonchev–Trinajstić information content (AvgIpc) is 2.90. The molecule has 2 rings (SSSR count). The first-order chi connectivity index (χ1) is 8.09. The van der Waals surface area contributed by atoms with Crippen LogP contribution in [0.5, 0.6) is 0 Å². The Hall–Kier alpha value is -1.65. The molecule has 90 valence electrons. The van der Waals surface area contributed by atoms with Gasteiger partial charge in [0.25, 0.3) is 5.91 Å². The van der Waals surface area contributed by atoms with Crippen LogP contribution in [-0.2, 0) is 4.79 Å². The lowest BCUT2D eigenvalue weighted by Gasteiger charge is -2.26. The topological polar surface area (TPSA) is 69.6 Å². The van der Waals surface area contributed by atoms with Crippen LogP contribution in [0.15, 0.2) is 47.1 Å². The van der Waals surface area contributed by atoms with Gasteiger partial charge in [0, 0.05) is 5.57 Å². The molecule has 0 aliphatic heterocycles. The molecule has 0 bridgehead atoms. The van der Waals surface area contributed by atoms with E-state index in [9.17, 15) is 4.79 Å². The van der Waals surface area contributed by atoms with Crippen molar-refractivity contribution < 1.29 is 15.0 Å². The maximum absolute atomic E-state index is 12.0. The van der Waals surface area contributed by atoms with Crippen LogP contribution in [0.4, 0.5) is 0 Å². The molecule has 0 radical (unpaired) electrons. The van der Waals surface area contributed by atoms with Crippen molar-refractivity contribution in [2.24, 2.45) is 0 Å². The number of aliphatic hydroxyl groups excluding tert-OH is 2. The van der Waals surface area contributed by atoms with E-state index in [1.807, 2.05) is 24.3 Å². The number of rotatable bonds is 4. The quantitative estimate of drug-likeness (QED) is 0.650. The van der Waals surface area contributed by atoms with E-state index in [-0.39, 0.29) is 19.1 Å². The Bertz CT molecular complexity index is 465. The number of carbonyl (C=O) groups excluding carboxylic acids is 1. The highest BCUT2D eigenvalue weighted by Crippen LogP contribution is 2.31. The summed E-state index contributed by atoms with van der Waals surface area (Å²) in [5.74, 6) is -0.281. The molecule has 0 atom stereocenters. The van der Waals surface area contributed by atoms with Crippen LogP contribution in [-0.4, -0.2) is 34.9 Å². The van der Waals surface area contributed by atoms with Crippen LogP contribution in [0.25, 0.3) is 0 Å². The van der Waals surface area contributed by atoms with Gasteiger partial charge in [0.1, 0.15) is 0 Å². The van der Waals surface area contributed by atoms with Gasteiger partial charge in [0.2, 0.25) is 0 Å². The van der Waals surface area contributed by atoms with E-state index in [1.54, 1.807) is 13.0 Å². The summed E-state index contributed by atoms with van der Waals surface area (Å²) in [5, 5.41) is 20.9. The molecular formula is C13H15NO3. The van der Waals surface area contributed by atoms with Crippen molar-refractivity contribution in [3.05, 3.63) is 47.1 Å². The van der Waals surface area contributed by atoms with Gasteiger partial charge in [0.05, 0.1) is 18.8 Å². The zero-order valence-corrected chi connectivity index (χ0v) is 9.60. The van der Waals surface area contributed by atoms with Crippen LogP contribution in [0.2, 0.25) is 0 Å². The molecule has 1 amide bonds. The smallest absolute Gasteiger partial charge is 0.252 e. The SMILES string of the molecule is CC(CO)(CO)NC(=O)C1=CC=C2C=CC=C21. The second-order valence-corrected chi connectivity index (χ2v) is 4.47. The highest BCUT2D eigenvalue weighted by atomic mass is 16.3. The van der Waals surface area contributed by atoms with Crippen molar-refractivity contribution in [2.45, 2.75) is 12.5 Å². The summed E-state index contributed by atoms with van der Waals surface area (Å²) in [6.07, 6.45) is 9.32. The fraction of sp³-hybridized carbons (Fsp3) is 0.308. The number of hydrogen-bond donors (Lipinski definition) is 3. The zero-order chi connectivity index (χ0) is 12.5. The van der Waals surface area contributed by atoms with Gasteiger partial charge in [-0.1, -0.05) is 24.3 Å². The number of carbonyl (C=O) groups is 1. The van der Waals surface area contributed by atoms with E-state index in [0.717, 1.165) is 11.1 Å². The summed E-state index contributed by atoms with van der Waals surface area (Å²) >= 11 is 0. The van der Waals surface area contributed by atoms with Crippen molar-refractivity contribution in [3.63, 3.8) is 0 Å². The molecular weight excluding hydrogens is 218 g/mol. The van der Waals surface area contributed by atoms with E-state index in [0.29, 0.717) is 5.57 Å². The lowest BCUT2D eigenvalue weighted by atomic mass is 10.0. The standard InChI is InChI=1S/C13H15NO3/c1-13(7-15,8-16)14-12(17)11-6-5-9-3-2-4-10(9)11/h2-6,15-16H,7-8H2,1H3,(H,14,17). The molecule has 0 aromatic carbocycles. The molecule has 4 heteroatoms. The summed E-state index contributed by atoms with van der Waals surface area (Å²) < 4.78 is 0. The van der Waals surface area contributed by atoms with Gasteiger partial charge in [0.15, 0.2) is 0 Å². The first-order valence-electron chi connectivity index (χ1n) is 5.45. The third kappa shape index (κ3) is 2.09. The number of allylic oxidation sites excluding steroid dienone is 6. The lowest BCUT2D eigenvalue weighted by molar-refractivity contribution is -0.120. The zero-order valence-electron chi connectivity index (χ0n) is 9.60. The lowest BCUT2D eigenvalue weighted by Crippen LogP contribution is -2.52. The Balaban J connectivity index is 2.09. The first kappa shape index (κ1) is 11.8. The molecule has 2 aliphatic rings. The summed E-state index contributed by atoms with van der Waals surface area (Å²) in [5.41, 5.74) is 1.48. The van der Waals surface area contributed by atoms with Gasteiger partial charge in [-0.15, -0.1) is 0 Å². The molecule has 0 saturated carbocycles. The highest BCUT2D eigenvalue weighted by molar-refractivity contribution is 6.02. The van der Waals surface area contributed by atoms with Gasteiger partial charge >= 0.3 is 0 Å². The Kier molecular flexibility index (Phi) is 3.00. The van der Waals surface area contributed by atoms with Crippen LogP contribution in [0, 0.1) is 0 Å². The Morgan fingerprint density at radius 2 is 2.00 bits per heavy atom. The van der Waals surface area contributed by atoms with E-state index < -0.39 is 5.54 Å². The molecule has 2 aliphatic carbocycles. The van der Waals surface area contributed by atoms with E-state index in [1.165, 1.54) is 0 Å². The maximum atomic E-state index is 12.0. The van der Waals surface area contributed by atoms with Crippen molar-refractivity contribution in [3.8, 4) is 0 Å². The number of nitrogens with one attached hydrogen (secondary N) is 1. The van der Waals surface area contributed by atoms with Crippen molar-refractivity contribution in [1.29, 1.82) is 0 Å².